The van der Waals surface area contributed by atoms with Crippen LogP contribution in [0.25, 0.3) is 0 Å². The van der Waals surface area contributed by atoms with Gasteiger partial charge in [-0.1, -0.05) is 6.42 Å². The molecule has 0 saturated heterocycles. The Morgan fingerprint density at radius 2 is 1.60 bits per heavy atom. The Kier molecular flexibility index (Phi) is 8.95. The van der Waals surface area contributed by atoms with Gasteiger partial charge in [-0.3, -0.25) is 9.59 Å². The van der Waals surface area contributed by atoms with Gasteiger partial charge in [0.25, 0.3) is 0 Å². The van der Waals surface area contributed by atoms with Gasteiger partial charge >= 0.3 is 0 Å². The summed E-state index contributed by atoms with van der Waals surface area (Å²) in [5, 5.41) is 6.81. The average molecular weight is 465 g/mol. The van der Waals surface area contributed by atoms with Crippen molar-refractivity contribution >= 4 is 41.8 Å². The molecule has 2 saturated carbocycles. The molecule has 2 atom stereocenters. The summed E-state index contributed by atoms with van der Waals surface area (Å²) in [5.41, 5.74) is 0. The Morgan fingerprint density at radius 3 is 2.16 bits per heavy atom. The molecule has 0 bridgehead atoms. The second-order valence-electron chi connectivity index (χ2n) is 7.31. The summed E-state index contributed by atoms with van der Waals surface area (Å²) in [6, 6.07) is 0.695. The lowest BCUT2D eigenvalue weighted by Crippen LogP contribution is -2.48. The number of rotatable bonds is 5. The van der Waals surface area contributed by atoms with Gasteiger partial charge in [0.1, 0.15) is 6.54 Å². The van der Waals surface area contributed by atoms with Crippen LogP contribution in [0.5, 0.6) is 0 Å². The summed E-state index contributed by atoms with van der Waals surface area (Å²) >= 11 is 0. The van der Waals surface area contributed by atoms with Crippen LogP contribution in [0.3, 0.4) is 0 Å². The zero-order valence-corrected chi connectivity index (χ0v) is 18.1. The first-order chi connectivity index (χ1) is 11.4. The second kappa shape index (κ2) is 10.2. The van der Waals surface area contributed by atoms with Crippen LogP contribution < -0.4 is 10.6 Å². The molecule has 0 aliphatic heterocycles. The number of guanidine groups is 1. The van der Waals surface area contributed by atoms with Gasteiger partial charge in [0.15, 0.2) is 5.96 Å². The van der Waals surface area contributed by atoms with Crippen LogP contribution in [0.4, 0.5) is 0 Å². The van der Waals surface area contributed by atoms with E-state index in [-0.39, 0.29) is 54.3 Å². The van der Waals surface area contributed by atoms with Gasteiger partial charge in [0, 0.05) is 46.2 Å². The molecule has 2 unspecified atom stereocenters. The minimum absolute atomic E-state index is 0. The molecule has 0 radical (unpaired) electrons. The standard InChI is InChI=1S/C17H31N5O2.HI/c1-21(2)15(23)11-18-17(19-13-8-9-13)20-14-7-5-6-12(10-14)16(24)22(3)4;/h12-14H,5-11H2,1-4H3,(H2,18,19,20);1H. The number of hydrogen-bond donors (Lipinski definition) is 2. The van der Waals surface area contributed by atoms with Gasteiger partial charge in [-0.25, -0.2) is 4.99 Å². The maximum atomic E-state index is 12.2. The van der Waals surface area contributed by atoms with Crippen molar-refractivity contribution in [3.63, 3.8) is 0 Å². The average Bonchev–Trinajstić information content (AvgIpc) is 3.35. The minimum atomic E-state index is -0.0174. The van der Waals surface area contributed by atoms with Crippen LogP contribution in [0, 0.1) is 5.92 Å². The van der Waals surface area contributed by atoms with Crippen molar-refractivity contribution in [2.75, 3.05) is 34.7 Å². The molecule has 0 aromatic rings. The van der Waals surface area contributed by atoms with E-state index in [9.17, 15) is 9.59 Å². The van der Waals surface area contributed by atoms with Gasteiger partial charge in [-0.05, 0) is 32.1 Å². The van der Waals surface area contributed by atoms with E-state index >= 15 is 0 Å². The summed E-state index contributed by atoms with van der Waals surface area (Å²) in [7, 11) is 7.09. The molecular weight excluding hydrogens is 433 g/mol. The smallest absolute Gasteiger partial charge is 0.243 e. The number of likely N-dealkylation sites (N-methyl/N-ethyl adjacent to an activating group) is 1. The lowest BCUT2D eigenvalue weighted by molar-refractivity contribution is -0.134. The molecule has 2 N–H and O–H groups in total. The molecule has 0 heterocycles. The summed E-state index contributed by atoms with van der Waals surface area (Å²) < 4.78 is 0. The van der Waals surface area contributed by atoms with Crippen molar-refractivity contribution in [1.29, 1.82) is 0 Å². The normalized spacial score (nSPS) is 23.3. The number of hydrogen-bond acceptors (Lipinski definition) is 3. The van der Waals surface area contributed by atoms with E-state index in [1.54, 1.807) is 23.9 Å². The van der Waals surface area contributed by atoms with Crippen LogP contribution in [-0.2, 0) is 9.59 Å². The number of nitrogens with one attached hydrogen (secondary N) is 2. The zero-order valence-electron chi connectivity index (χ0n) is 15.7. The minimum Gasteiger partial charge on any atom is -0.354 e. The number of carbonyl (C=O) groups excluding carboxylic acids is 2. The van der Waals surface area contributed by atoms with Crippen molar-refractivity contribution in [3.05, 3.63) is 0 Å². The fourth-order valence-corrected chi connectivity index (χ4v) is 2.95. The Labute approximate surface area is 168 Å². The Bertz CT molecular complexity index is 491. The van der Waals surface area contributed by atoms with E-state index in [1.165, 1.54) is 0 Å². The predicted octanol–water partition coefficient (Wildman–Crippen LogP) is 1.04. The summed E-state index contributed by atoms with van der Waals surface area (Å²) in [5.74, 6) is 0.974. The first-order valence-corrected chi connectivity index (χ1v) is 8.85. The molecule has 144 valence electrons. The molecule has 2 aliphatic carbocycles. The maximum Gasteiger partial charge on any atom is 0.243 e. The Hall–Kier alpha value is -1.06. The summed E-state index contributed by atoms with van der Waals surface area (Å²) in [6.07, 6.45) is 6.14. The first kappa shape index (κ1) is 22.0. The Balaban J connectivity index is 0.00000312. The molecule has 2 amide bonds. The number of aliphatic imine (C=N–C) groups is 1. The number of amides is 2. The molecule has 0 spiro atoms. The van der Waals surface area contributed by atoms with Gasteiger partial charge in [0.05, 0.1) is 0 Å². The summed E-state index contributed by atoms with van der Waals surface area (Å²) in [6.45, 7) is 0.141. The molecular formula is C17H32IN5O2. The molecule has 25 heavy (non-hydrogen) atoms. The zero-order chi connectivity index (χ0) is 17.7. The van der Waals surface area contributed by atoms with Gasteiger partial charge in [-0.15, -0.1) is 24.0 Å². The fourth-order valence-electron chi connectivity index (χ4n) is 2.95. The molecule has 2 rings (SSSR count). The topological polar surface area (TPSA) is 77.0 Å². The third kappa shape index (κ3) is 7.37. The molecule has 8 heteroatoms. The first-order valence-electron chi connectivity index (χ1n) is 8.85. The lowest BCUT2D eigenvalue weighted by atomic mass is 9.85. The SMILES string of the molecule is CN(C)C(=O)CN=C(NC1CC1)NC1CCCC(C(=O)N(C)C)C1.I. The summed E-state index contributed by atoms with van der Waals surface area (Å²) in [4.78, 5) is 31.6. The molecule has 0 aromatic heterocycles. The van der Waals surface area contributed by atoms with Crippen LogP contribution >= 0.6 is 24.0 Å². The molecule has 2 aliphatic rings. The Morgan fingerprint density at radius 1 is 0.960 bits per heavy atom. The van der Waals surface area contributed by atoms with E-state index in [0.29, 0.717) is 12.0 Å². The highest BCUT2D eigenvalue weighted by Gasteiger charge is 2.30. The highest BCUT2D eigenvalue weighted by Crippen LogP contribution is 2.26. The highest BCUT2D eigenvalue weighted by molar-refractivity contribution is 14.0. The van der Waals surface area contributed by atoms with Crippen LogP contribution in [-0.4, -0.2) is 74.4 Å². The van der Waals surface area contributed by atoms with Crippen molar-refractivity contribution in [1.82, 2.24) is 20.4 Å². The molecule has 2 fully saturated rings. The molecule has 7 nitrogen and oxygen atoms in total. The quantitative estimate of drug-likeness (QED) is 0.362. The largest absolute Gasteiger partial charge is 0.354 e. The van der Waals surface area contributed by atoms with Crippen molar-refractivity contribution in [3.8, 4) is 0 Å². The predicted molar refractivity (Wildman–Crippen MR) is 110 cm³/mol. The lowest BCUT2D eigenvalue weighted by Gasteiger charge is -2.31. The van der Waals surface area contributed by atoms with Crippen LogP contribution in [0.15, 0.2) is 4.99 Å². The van der Waals surface area contributed by atoms with E-state index in [0.717, 1.165) is 38.5 Å². The number of nitrogens with zero attached hydrogens (tertiary/aromatic N) is 3. The fraction of sp³-hybridized carbons (Fsp3) is 0.824. The third-order valence-electron chi connectivity index (χ3n) is 4.59. The second-order valence-corrected chi connectivity index (χ2v) is 7.31. The van der Waals surface area contributed by atoms with Crippen LogP contribution in [0.1, 0.15) is 38.5 Å². The van der Waals surface area contributed by atoms with Gasteiger partial charge in [-0.2, -0.15) is 0 Å². The third-order valence-corrected chi connectivity index (χ3v) is 4.59. The van der Waals surface area contributed by atoms with Crippen molar-refractivity contribution in [2.45, 2.75) is 50.6 Å². The van der Waals surface area contributed by atoms with Crippen molar-refractivity contribution in [2.24, 2.45) is 10.9 Å². The van der Waals surface area contributed by atoms with Crippen LogP contribution in [0.2, 0.25) is 0 Å². The van der Waals surface area contributed by atoms with E-state index in [1.807, 2.05) is 14.1 Å². The number of halogens is 1. The van der Waals surface area contributed by atoms with Gasteiger partial charge < -0.3 is 20.4 Å². The van der Waals surface area contributed by atoms with Crippen molar-refractivity contribution < 1.29 is 9.59 Å². The number of carbonyl (C=O) groups is 2. The maximum absolute atomic E-state index is 12.2. The highest BCUT2D eigenvalue weighted by atomic mass is 127. The van der Waals surface area contributed by atoms with E-state index < -0.39 is 0 Å². The monoisotopic (exact) mass is 465 g/mol. The van der Waals surface area contributed by atoms with E-state index in [4.69, 9.17) is 0 Å². The molecule has 0 aromatic carbocycles. The van der Waals surface area contributed by atoms with E-state index in [2.05, 4.69) is 15.6 Å². The van der Waals surface area contributed by atoms with Gasteiger partial charge in [0.2, 0.25) is 11.8 Å².